The molecule has 2 aliphatic rings. The molecule has 142 valence electrons. The number of ketones is 3. The minimum absolute atomic E-state index is 0.0399. The second-order valence-corrected chi connectivity index (χ2v) is 6.80. The number of phenolic OH excluding ortho intramolecular Hbond substituents is 1. The van der Waals surface area contributed by atoms with Crippen LogP contribution in [0.3, 0.4) is 0 Å². The van der Waals surface area contributed by atoms with Gasteiger partial charge < -0.3 is 14.6 Å². The van der Waals surface area contributed by atoms with Crippen LogP contribution in [0.4, 0.5) is 0 Å². The predicted molar refractivity (Wildman–Crippen MR) is 97.6 cm³/mol. The Morgan fingerprint density at radius 3 is 2.32 bits per heavy atom. The fourth-order valence-electron chi connectivity index (χ4n) is 3.71. The van der Waals surface area contributed by atoms with E-state index in [0.717, 1.165) is 0 Å². The maximum absolute atomic E-state index is 13.3. The molecule has 1 heterocycles. The normalized spacial score (nSPS) is 18.7. The Balaban J connectivity index is 2.02. The van der Waals surface area contributed by atoms with Crippen LogP contribution < -0.4 is 4.74 Å². The van der Waals surface area contributed by atoms with Crippen molar-refractivity contribution in [2.24, 2.45) is 0 Å². The van der Waals surface area contributed by atoms with E-state index in [0.29, 0.717) is 10.8 Å². The molecule has 0 saturated heterocycles. The van der Waals surface area contributed by atoms with Gasteiger partial charge in [0.2, 0.25) is 0 Å². The van der Waals surface area contributed by atoms with E-state index < -0.39 is 23.6 Å². The molecule has 0 saturated carbocycles. The molecule has 1 aliphatic carbocycles. The molecule has 28 heavy (non-hydrogen) atoms. The van der Waals surface area contributed by atoms with Crippen LogP contribution in [0.25, 0.3) is 10.8 Å². The van der Waals surface area contributed by atoms with Gasteiger partial charge in [0.25, 0.3) is 0 Å². The Labute approximate surface area is 159 Å². The number of rotatable bonds is 2. The maximum atomic E-state index is 13.3. The molecule has 7 heteroatoms. The van der Waals surface area contributed by atoms with Gasteiger partial charge >= 0.3 is 5.97 Å². The summed E-state index contributed by atoms with van der Waals surface area (Å²) >= 11 is 0. The van der Waals surface area contributed by atoms with Crippen LogP contribution in [0.15, 0.2) is 35.4 Å². The molecule has 0 spiro atoms. The predicted octanol–water partition coefficient (Wildman–Crippen LogP) is 2.52. The zero-order valence-electron chi connectivity index (χ0n) is 15.2. The van der Waals surface area contributed by atoms with E-state index in [9.17, 15) is 24.3 Å². The zero-order valence-corrected chi connectivity index (χ0v) is 15.2. The number of esters is 1. The van der Waals surface area contributed by atoms with E-state index in [1.165, 1.54) is 13.8 Å². The summed E-state index contributed by atoms with van der Waals surface area (Å²) in [7, 11) is 0. The largest absolute Gasteiger partial charge is 0.506 e. The average Bonchev–Trinajstić information content (AvgIpc) is 2.67. The Morgan fingerprint density at radius 1 is 1.04 bits per heavy atom. The molecule has 0 bridgehead atoms. The molecular weight excluding hydrogens is 364 g/mol. The van der Waals surface area contributed by atoms with Crippen molar-refractivity contribution in [1.29, 1.82) is 0 Å². The first-order valence-corrected chi connectivity index (χ1v) is 8.70. The Morgan fingerprint density at radius 2 is 1.68 bits per heavy atom. The molecule has 2 aromatic carbocycles. The van der Waals surface area contributed by atoms with Crippen molar-refractivity contribution in [3.8, 4) is 11.5 Å². The third-order valence-corrected chi connectivity index (χ3v) is 5.02. The Bertz CT molecular complexity index is 1120. The van der Waals surface area contributed by atoms with Gasteiger partial charge in [-0.2, -0.15) is 0 Å². The van der Waals surface area contributed by atoms with E-state index in [-0.39, 0.29) is 52.6 Å². The van der Waals surface area contributed by atoms with E-state index in [1.807, 2.05) is 0 Å². The van der Waals surface area contributed by atoms with Crippen LogP contribution in [0.2, 0.25) is 0 Å². The minimum atomic E-state index is -0.816. The average molecular weight is 380 g/mol. The topological polar surface area (TPSA) is 107 Å². The summed E-state index contributed by atoms with van der Waals surface area (Å²) in [5.41, 5.74) is -0.0793. The summed E-state index contributed by atoms with van der Waals surface area (Å²) in [5.74, 6) is -2.43. The molecule has 0 amide bonds. The van der Waals surface area contributed by atoms with Crippen molar-refractivity contribution in [3.05, 3.63) is 46.5 Å². The van der Waals surface area contributed by atoms with Crippen LogP contribution >= 0.6 is 0 Å². The second-order valence-electron chi connectivity index (χ2n) is 6.80. The molecule has 0 fully saturated rings. The fourth-order valence-corrected chi connectivity index (χ4v) is 3.71. The number of Topliss-reactive ketones (excluding diaryl/α,β-unsaturated/α-hetero) is 3. The highest BCUT2D eigenvalue weighted by Gasteiger charge is 2.42. The number of carbonyl (C=O) groups excluding carboxylic acids is 4. The van der Waals surface area contributed by atoms with E-state index in [4.69, 9.17) is 9.47 Å². The third kappa shape index (κ3) is 2.55. The number of fused-ring (bicyclic) bond motifs is 2. The SMILES string of the molecule is CC(=O)Oc1c2c(c(O)c3ccccc13)C(=O)C1=C(CC(C(C)=O)OC1)C2=O. The number of aromatic hydroxyl groups is 1. The summed E-state index contributed by atoms with van der Waals surface area (Å²) < 4.78 is 10.7. The molecule has 4 rings (SSSR count). The minimum Gasteiger partial charge on any atom is -0.506 e. The lowest BCUT2D eigenvalue weighted by Gasteiger charge is -2.30. The molecule has 1 aliphatic heterocycles. The first kappa shape index (κ1) is 18.1. The molecule has 0 radical (unpaired) electrons. The van der Waals surface area contributed by atoms with Crippen molar-refractivity contribution in [1.82, 2.24) is 0 Å². The van der Waals surface area contributed by atoms with Crippen LogP contribution in [0, 0.1) is 0 Å². The number of benzene rings is 2. The number of ether oxygens (including phenoxy) is 2. The van der Waals surface area contributed by atoms with Gasteiger partial charge in [-0.05, 0) is 6.92 Å². The fraction of sp³-hybridized carbons (Fsp3) is 0.238. The lowest BCUT2D eigenvalue weighted by Crippen LogP contribution is -2.36. The van der Waals surface area contributed by atoms with Gasteiger partial charge in [0.05, 0.1) is 17.7 Å². The summed E-state index contributed by atoms with van der Waals surface area (Å²) in [6.07, 6.45) is -0.856. The van der Waals surface area contributed by atoms with Crippen molar-refractivity contribution in [2.45, 2.75) is 26.4 Å². The smallest absolute Gasteiger partial charge is 0.308 e. The number of carbonyl (C=O) groups is 4. The third-order valence-electron chi connectivity index (χ3n) is 5.02. The lowest BCUT2D eigenvalue weighted by atomic mass is 9.78. The van der Waals surface area contributed by atoms with Crippen LogP contribution in [0.1, 0.15) is 41.0 Å². The highest BCUT2D eigenvalue weighted by molar-refractivity contribution is 6.31. The standard InChI is InChI=1S/C21H16O7/c1-9(22)15-7-13-14(8-27-15)20(26)16-17(19(13)25)21(28-10(2)23)12-6-4-3-5-11(12)18(16)24/h3-6,15,24H,7-8H2,1-2H3. The lowest BCUT2D eigenvalue weighted by molar-refractivity contribution is -0.131. The molecular formula is C21H16O7. The van der Waals surface area contributed by atoms with Crippen molar-refractivity contribution in [3.63, 3.8) is 0 Å². The number of hydrogen-bond donors (Lipinski definition) is 1. The highest BCUT2D eigenvalue weighted by atomic mass is 16.5. The second kappa shape index (κ2) is 6.38. The molecule has 1 atom stereocenters. The Kier molecular flexibility index (Phi) is 4.12. The zero-order chi connectivity index (χ0) is 20.2. The van der Waals surface area contributed by atoms with E-state index in [2.05, 4.69) is 0 Å². The van der Waals surface area contributed by atoms with Gasteiger partial charge in [-0.25, -0.2) is 0 Å². The monoisotopic (exact) mass is 380 g/mol. The maximum Gasteiger partial charge on any atom is 0.308 e. The molecule has 2 aromatic rings. The summed E-state index contributed by atoms with van der Waals surface area (Å²) in [4.78, 5) is 49.8. The number of phenols is 1. The molecule has 1 unspecified atom stereocenters. The quantitative estimate of drug-likeness (QED) is 0.630. The summed E-state index contributed by atoms with van der Waals surface area (Å²) in [6.45, 7) is 2.34. The van der Waals surface area contributed by atoms with Gasteiger partial charge in [0.1, 0.15) is 11.9 Å². The van der Waals surface area contributed by atoms with Crippen molar-refractivity contribution in [2.75, 3.05) is 6.61 Å². The van der Waals surface area contributed by atoms with Gasteiger partial charge in [-0.1, -0.05) is 24.3 Å². The van der Waals surface area contributed by atoms with Gasteiger partial charge in [0.15, 0.2) is 23.1 Å². The summed E-state index contributed by atoms with van der Waals surface area (Å²) in [6, 6.07) is 6.49. The van der Waals surface area contributed by atoms with E-state index in [1.54, 1.807) is 24.3 Å². The number of hydrogen-bond acceptors (Lipinski definition) is 7. The van der Waals surface area contributed by atoms with Gasteiger partial charge in [0, 0.05) is 35.3 Å². The van der Waals surface area contributed by atoms with Gasteiger partial charge in [-0.3, -0.25) is 19.2 Å². The summed E-state index contributed by atoms with van der Waals surface area (Å²) in [5, 5.41) is 11.4. The molecule has 7 nitrogen and oxygen atoms in total. The first-order valence-electron chi connectivity index (χ1n) is 8.70. The van der Waals surface area contributed by atoms with Crippen LogP contribution in [-0.4, -0.2) is 41.1 Å². The van der Waals surface area contributed by atoms with E-state index >= 15 is 0 Å². The molecule has 1 N–H and O–H groups in total. The van der Waals surface area contributed by atoms with Crippen LogP contribution in [0.5, 0.6) is 11.5 Å². The Hall–Kier alpha value is -3.32. The van der Waals surface area contributed by atoms with Gasteiger partial charge in [-0.15, -0.1) is 0 Å². The highest BCUT2D eigenvalue weighted by Crippen LogP contribution is 2.46. The van der Waals surface area contributed by atoms with Crippen molar-refractivity contribution < 1.29 is 33.8 Å². The van der Waals surface area contributed by atoms with Crippen molar-refractivity contribution >= 4 is 34.1 Å². The first-order chi connectivity index (χ1) is 13.3. The molecule has 0 aromatic heterocycles. The van der Waals surface area contributed by atoms with Crippen LogP contribution in [-0.2, 0) is 14.3 Å².